The number of Topliss-reactive ketones (excluding diaryl/α,β-unsaturated/α-hetero) is 1. The number of hydrogen-bond donors (Lipinski definition) is 1. The maximum absolute atomic E-state index is 12.0. The molecule has 1 aliphatic rings. The molecular formula is C9H10BrNO2S. The topological polar surface area (TPSA) is 52.3 Å². The molecule has 0 amide bonds. The van der Waals surface area contributed by atoms with Crippen molar-refractivity contribution in [2.24, 2.45) is 11.1 Å². The summed E-state index contributed by atoms with van der Waals surface area (Å²) in [5.74, 6) is 0.113. The number of hydrogen-bond acceptors (Lipinski definition) is 4. The zero-order valence-corrected chi connectivity index (χ0v) is 9.86. The first-order valence-electron chi connectivity index (χ1n) is 4.25. The van der Waals surface area contributed by atoms with E-state index in [9.17, 15) is 4.79 Å². The van der Waals surface area contributed by atoms with Gasteiger partial charge in [0.2, 0.25) is 0 Å². The monoisotopic (exact) mass is 275 g/mol. The molecule has 0 aliphatic carbocycles. The van der Waals surface area contributed by atoms with Gasteiger partial charge in [-0.1, -0.05) is 0 Å². The van der Waals surface area contributed by atoms with Gasteiger partial charge in [-0.05, 0) is 22.0 Å². The molecule has 1 fully saturated rings. The van der Waals surface area contributed by atoms with Crippen molar-refractivity contribution in [1.29, 1.82) is 0 Å². The van der Waals surface area contributed by atoms with Crippen molar-refractivity contribution in [3.63, 3.8) is 0 Å². The second-order valence-corrected chi connectivity index (χ2v) is 5.26. The Kier molecular flexibility index (Phi) is 2.74. The van der Waals surface area contributed by atoms with E-state index in [2.05, 4.69) is 15.9 Å². The van der Waals surface area contributed by atoms with Crippen molar-refractivity contribution >= 4 is 33.0 Å². The fourth-order valence-electron chi connectivity index (χ4n) is 1.38. The van der Waals surface area contributed by atoms with E-state index in [0.717, 1.165) is 9.35 Å². The molecule has 0 unspecified atom stereocenters. The van der Waals surface area contributed by atoms with Crippen LogP contribution in [0.5, 0.6) is 0 Å². The molecule has 2 rings (SSSR count). The van der Waals surface area contributed by atoms with Crippen LogP contribution in [0.3, 0.4) is 0 Å². The minimum atomic E-state index is -0.454. The number of carbonyl (C=O) groups is 1. The number of halogens is 1. The second-order valence-electron chi connectivity index (χ2n) is 3.44. The third kappa shape index (κ3) is 1.54. The van der Waals surface area contributed by atoms with Crippen LogP contribution in [-0.2, 0) is 4.74 Å². The van der Waals surface area contributed by atoms with Crippen LogP contribution in [0.1, 0.15) is 9.67 Å². The summed E-state index contributed by atoms with van der Waals surface area (Å²) in [6.07, 6.45) is 0. The van der Waals surface area contributed by atoms with Gasteiger partial charge in [-0.2, -0.15) is 0 Å². The summed E-state index contributed by atoms with van der Waals surface area (Å²) in [4.78, 5) is 12.8. The van der Waals surface area contributed by atoms with Crippen LogP contribution in [-0.4, -0.2) is 25.5 Å². The Morgan fingerprint density at radius 2 is 2.43 bits per heavy atom. The Bertz CT molecular complexity index is 354. The molecule has 0 spiro atoms. The van der Waals surface area contributed by atoms with Crippen LogP contribution in [0.2, 0.25) is 0 Å². The van der Waals surface area contributed by atoms with E-state index in [4.69, 9.17) is 10.5 Å². The largest absolute Gasteiger partial charge is 0.379 e. The highest BCUT2D eigenvalue weighted by Gasteiger charge is 2.45. The minimum absolute atomic E-state index is 0.113. The Morgan fingerprint density at radius 3 is 2.79 bits per heavy atom. The maximum Gasteiger partial charge on any atom is 0.184 e. The van der Waals surface area contributed by atoms with Crippen LogP contribution in [0.4, 0.5) is 0 Å². The van der Waals surface area contributed by atoms with Crippen molar-refractivity contribution in [3.05, 3.63) is 20.8 Å². The predicted octanol–water partition coefficient (Wildman–Crippen LogP) is 1.67. The molecule has 1 aliphatic heterocycles. The third-order valence-electron chi connectivity index (χ3n) is 2.42. The summed E-state index contributed by atoms with van der Waals surface area (Å²) < 4.78 is 6.01. The van der Waals surface area contributed by atoms with Crippen LogP contribution in [0.25, 0.3) is 0 Å². The summed E-state index contributed by atoms with van der Waals surface area (Å²) in [7, 11) is 0. The van der Waals surface area contributed by atoms with Crippen molar-refractivity contribution in [1.82, 2.24) is 0 Å². The van der Waals surface area contributed by atoms with E-state index < -0.39 is 5.41 Å². The number of nitrogens with two attached hydrogens (primary N) is 1. The molecule has 0 aromatic carbocycles. The van der Waals surface area contributed by atoms with Crippen LogP contribution in [0, 0.1) is 5.41 Å². The first kappa shape index (κ1) is 10.3. The molecule has 5 heteroatoms. The molecule has 3 nitrogen and oxygen atoms in total. The summed E-state index contributed by atoms with van der Waals surface area (Å²) >= 11 is 4.77. The van der Waals surface area contributed by atoms with Gasteiger partial charge in [-0.25, -0.2) is 0 Å². The summed E-state index contributed by atoms with van der Waals surface area (Å²) in [6, 6.07) is 1.84. The smallest absolute Gasteiger partial charge is 0.184 e. The van der Waals surface area contributed by atoms with Crippen LogP contribution >= 0.6 is 27.3 Å². The van der Waals surface area contributed by atoms with Crippen LogP contribution in [0.15, 0.2) is 15.9 Å². The average molecular weight is 276 g/mol. The van der Waals surface area contributed by atoms with Crippen molar-refractivity contribution in [2.45, 2.75) is 0 Å². The maximum atomic E-state index is 12.0. The molecule has 0 bridgehead atoms. The number of thiophene rings is 1. The number of carbonyl (C=O) groups excluding carboxylic acids is 1. The van der Waals surface area contributed by atoms with Gasteiger partial charge < -0.3 is 10.5 Å². The van der Waals surface area contributed by atoms with E-state index >= 15 is 0 Å². The van der Waals surface area contributed by atoms with Crippen molar-refractivity contribution < 1.29 is 9.53 Å². The van der Waals surface area contributed by atoms with Gasteiger partial charge in [0.25, 0.3) is 0 Å². The van der Waals surface area contributed by atoms with Crippen molar-refractivity contribution in [3.8, 4) is 0 Å². The molecule has 0 atom stereocenters. The lowest BCUT2D eigenvalue weighted by atomic mass is 9.81. The lowest BCUT2D eigenvalue weighted by Gasteiger charge is -2.38. The van der Waals surface area contributed by atoms with Gasteiger partial charge >= 0.3 is 0 Å². The highest BCUT2D eigenvalue weighted by atomic mass is 79.9. The van der Waals surface area contributed by atoms with Gasteiger partial charge in [0.15, 0.2) is 5.78 Å². The lowest BCUT2D eigenvalue weighted by molar-refractivity contribution is -0.0814. The van der Waals surface area contributed by atoms with E-state index in [1.165, 1.54) is 11.3 Å². The van der Waals surface area contributed by atoms with Gasteiger partial charge in [0.05, 0.1) is 23.5 Å². The molecule has 2 N–H and O–H groups in total. The second kappa shape index (κ2) is 3.73. The van der Waals surface area contributed by atoms with E-state index in [-0.39, 0.29) is 5.78 Å². The Balaban J connectivity index is 2.23. The average Bonchev–Trinajstić information content (AvgIpc) is 2.50. The fraction of sp³-hybridized carbons (Fsp3) is 0.444. The summed E-state index contributed by atoms with van der Waals surface area (Å²) in [5, 5.41) is 1.90. The van der Waals surface area contributed by atoms with Crippen molar-refractivity contribution in [2.75, 3.05) is 19.8 Å². The highest BCUT2D eigenvalue weighted by molar-refractivity contribution is 9.10. The molecule has 2 heterocycles. The first-order valence-corrected chi connectivity index (χ1v) is 5.92. The third-order valence-corrected chi connectivity index (χ3v) is 4.11. The Morgan fingerprint density at radius 1 is 1.71 bits per heavy atom. The van der Waals surface area contributed by atoms with Gasteiger partial charge in [-0.15, -0.1) is 11.3 Å². The fourth-order valence-corrected chi connectivity index (χ4v) is 2.87. The van der Waals surface area contributed by atoms with E-state index in [1.54, 1.807) is 0 Å². The Hall–Kier alpha value is -0.230. The molecule has 1 saturated heterocycles. The van der Waals surface area contributed by atoms with Crippen LogP contribution < -0.4 is 5.73 Å². The normalized spacial score (nSPS) is 19.0. The zero-order valence-electron chi connectivity index (χ0n) is 7.46. The van der Waals surface area contributed by atoms with Gasteiger partial charge in [-0.3, -0.25) is 4.79 Å². The molecular weight excluding hydrogens is 266 g/mol. The quantitative estimate of drug-likeness (QED) is 0.854. The van der Waals surface area contributed by atoms with E-state index in [1.807, 2.05) is 11.4 Å². The van der Waals surface area contributed by atoms with Gasteiger partial charge in [0, 0.05) is 16.4 Å². The molecule has 76 valence electrons. The molecule has 0 radical (unpaired) electrons. The molecule has 0 saturated carbocycles. The minimum Gasteiger partial charge on any atom is -0.379 e. The summed E-state index contributed by atoms with van der Waals surface area (Å²) in [5.41, 5.74) is 5.15. The van der Waals surface area contributed by atoms with E-state index in [0.29, 0.717) is 19.8 Å². The zero-order chi connectivity index (χ0) is 10.2. The lowest BCUT2D eigenvalue weighted by Crippen LogP contribution is -2.53. The first-order chi connectivity index (χ1) is 6.68. The number of ketones is 1. The summed E-state index contributed by atoms with van der Waals surface area (Å²) in [6.45, 7) is 1.27. The van der Waals surface area contributed by atoms with Gasteiger partial charge in [0.1, 0.15) is 0 Å². The predicted molar refractivity (Wildman–Crippen MR) is 58.7 cm³/mol. The standard InChI is InChI=1S/C9H10BrNO2S/c10-6-1-7(14-2-6)8(12)9(3-11)4-13-5-9/h1-2H,3-5,11H2. The Labute approximate surface area is 94.4 Å². The molecule has 1 aromatic heterocycles. The molecule has 1 aromatic rings. The SMILES string of the molecule is NCC1(C(=O)c2cc(Br)cs2)COC1. The molecule has 14 heavy (non-hydrogen) atoms. The number of rotatable bonds is 3. The highest BCUT2D eigenvalue weighted by Crippen LogP contribution is 2.33. The number of ether oxygens (including phenoxy) is 1.